The topological polar surface area (TPSA) is 3.24 Å². The summed E-state index contributed by atoms with van der Waals surface area (Å²) in [7, 11) is 0. The van der Waals surface area contributed by atoms with Crippen LogP contribution in [0.25, 0.3) is 0 Å². The third kappa shape index (κ3) is 2.73. The van der Waals surface area contributed by atoms with Gasteiger partial charge in [-0.2, -0.15) is 0 Å². The smallest absolute Gasteiger partial charge is 0.00405 e. The van der Waals surface area contributed by atoms with Gasteiger partial charge in [-0.1, -0.05) is 27.2 Å². The average molecular weight is 197 g/mol. The quantitative estimate of drug-likeness (QED) is 0.654. The van der Waals surface area contributed by atoms with Crippen molar-refractivity contribution in [2.75, 3.05) is 13.1 Å². The van der Waals surface area contributed by atoms with E-state index in [1.54, 1.807) is 0 Å². The minimum Gasteiger partial charge on any atom is -0.300 e. The van der Waals surface area contributed by atoms with Gasteiger partial charge in [0.2, 0.25) is 0 Å². The fraction of sp³-hybridized carbons (Fsp3) is 1.00. The lowest BCUT2D eigenvalue weighted by molar-refractivity contribution is 0.108. The molecule has 0 aliphatic carbocycles. The largest absolute Gasteiger partial charge is 0.300 e. The Kier molecular flexibility index (Phi) is 4.00. The maximum absolute atomic E-state index is 2.66. The van der Waals surface area contributed by atoms with E-state index >= 15 is 0 Å². The van der Waals surface area contributed by atoms with E-state index in [2.05, 4.69) is 39.5 Å². The number of nitrogens with zero attached hydrogens (tertiary/aromatic N) is 1. The zero-order chi connectivity index (χ0) is 10.8. The molecule has 1 fully saturated rings. The number of hydrogen-bond acceptors (Lipinski definition) is 1. The minimum atomic E-state index is 0.542. The van der Waals surface area contributed by atoms with E-state index in [1.165, 1.54) is 32.4 Å². The molecule has 84 valence electrons. The second-order valence-corrected chi connectivity index (χ2v) is 5.83. The summed E-state index contributed by atoms with van der Waals surface area (Å²) in [6, 6.07) is 0.714. The summed E-state index contributed by atoms with van der Waals surface area (Å²) in [5.41, 5.74) is 0.542. The Morgan fingerprint density at radius 1 is 1.07 bits per heavy atom. The Bertz CT molecular complexity index is 174. The van der Waals surface area contributed by atoms with Crippen LogP contribution in [0.15, 0.2) is 0 Å². The van der Waals surface area contributed by atoms with E-state index in [4.69, 9.17) is 0 Å². The SMILES string of the molecule is CC(C)N1CCCCC(C)(C(C)C)C1. The van der Waals surface area contributed by atoms with Crippen LogP contribution in [0.4, 0.5) is 0 Å². The predicted molar refractivity (Wildman–Crippen MR) is 63.5 cm³/mol. The summed E-state index contributed by atoms with van der Waals surface area (Å²) >= 11 is 0. The predicted octanol–water partition coefficient (Wildman–Crippen LogP) is 3.54. The van der Waals surface area contributed by atoms with Crippen LogP contribution in [0, 0.1) is 11.3 Å². The lowest BCUT2D eigenvalue weighted by atomic mass is 9.75. The van der Waals surface area contributed by atoms with Gasteiger partial charge in [0.05, 0.1) is 0 Å². The molecule has 14 heavy (non-hydrogen) atoms. The van der Waals surface area contributed by atoms with Crippen molar-refractivity contribution in [3.8, 4) is 0 Å². The van der Waals surface area contributed by atoms with Crippen LogP contribution in [0.2, 0.25) is 0 Å². The molecule has 0 aromatic heterocycles. The second kappa shape index (κ2) is 4.65. The van der Waals surface area contributed by atoms with Gasteiger partial charge in [0.1, 0.15) is 0 Å². The first-order valence-electron chi connectivity index (χ1n) is 6.20. The van der Waals surface area contributed by atoms with Crippen molar-refractivity contribution in [2.45, 2.75) is 59.9 Å². The molecule has 0 N–H and O–H groups in total. The van der Waals surface area contributed by atoms with Crippen LogP contribution in [-0.4, -0.2) is 24.0 Å². The van der Waals surface area contributed by atoms with E-state index in [1.807, 2.05) is 0 Å². The van der Waals surface area contributed by atoms with Gasteiger partial charge in [-0.3, -0.25) is 0 Å². The molecule has 1 aliphatic rings. The molecule has 1 atom stereocenters. The van der Waals surface area contributed by atoms with E-state index in [0.717, 1.165) is 5.92 Å². The van der Waals surface area contributed by atoms with Crippen molar-refractivity contribution in [3.63, 3.8) is 0 Å². The van der Waals surface area contributed by atoms with Crippen LogP contribution in [-0.2, 0) is 0 Å². The summed E-state index contributed by atoms with van der Waals surface area (Å²) in [6.07, 6.45) is 4.21. The maximum Gasteiger partial charge on any atom is 0.00405 e. The highest BCUT2D eigenvalue weighted by Crippen LogP contribution is 2.36. The fourth-order valence-corrected chi connectivity index (χ4v) is 2.38. The monoisotopic (exact) mass is 197 g/mol. The molecule has 0 spiro atoms. The Morgan fingerprint density at radius 3 is 2.21 bits per heavy atom. The number of rotatable bonds is 2. The third-order valence-electron chi connectivity index (χ3n) is 4.13. The zero-order valence-electron chi connectivity index (χ0n) is 10.6. The van der Waals surface area contributed by atoms with Gasteiger partial charge in [0.15, 0.2) is 0 Å². The van der Waals surface area contributed by atoms with Crippen LogP contribution in [0.3, 0.4) is 0 Å². The molecule has 1 heteroatoms. The summed E-state index contributed by atoms with van der Waals surface area (Å²) in [5.74, 6) is 0.807. The highest BCUT2D eigenvalue weighted by Gasteiger charge is 2.32. The van der Waals surface area contributed by atoms with Gasteiger partial charge < -0.3 is 4.90 Å². The highest BCUT2D eigenvalue weighted by molar-refractivity contribution is 4.85. The van der Waals surface area contributed by atoms with Crippen molar-refractivity contribution in [1.82, 2.24) is 4.90 Å². The normalized spacial score (nSPS) is 31.1. The first kappa shape index (κ1) is 12.0. The van der Waals surface area contributed by atoms with Crippen molar-refractivity contribution in [1.29, 1.82) is 0 Å². The lowest BCUT2D eigenvalue weighted by Crippen LogP contribution is -2.41. The molecule has 0 radical (unpaired) electrons. The fourth-order valence-electron chi connectivity index (χ4n) is 2.38. The van der Waals surface area contributed by atoms with E-state index in [-0.39, 0.29) is 0 Å². The standard InChI is InChI=1S/C13H27N/c1-11(2)13(5)8-6-7-9-14(10-13)12(3)4/h11-12H,6-10H2,1-5H3. The Morgan fingerprint density at radius 2 is 1.71 bits per heavy atom. The van der Waals surface area contributed by atoms with E-state index < -0.39 is 0 Å². The van der Waals surface area contributed by atoms with Crippen LogP contribution >= 0.6 is 0 Å². The summed E-state index contributed by atoms with van der Waals surface area (Å²) in [5, 5.41) is 0. The van der Waals surface area contributed by atoms with E-state index in [0.29, 0.717) is 11.5 Å². The molecule has 0 saturated carbocycles. The Hall–Kier alpha value is -0.0400. The molecule has 1 saturated heterocycles. The second-order valence-electron chi connectivity index (χ2n) is 5.83. The molecule has 0 bridgehead atoms. The van der Waals surface area contributed by atoms with Crippen molar-refractivity contribution < 1.29 is 0 Å². The molecule has 0 aromatic carbocycles. The first-order valence-corrected chi connectivity index (χ1v) is 6.20. The first-order chi connectivity index (χ1) is 6.46. The molecular weight excluding hydrogens is 170 g/mol. The third-order valence-corrected chi connectivity index (χ3v) is 4.13. The van der Waals surface area contributed by atoms with Crippen LogP contribution < -0.4 is 0 Å². The number of likely N-dealkylation sites (tertiary alicyclic amines) is 1. The van der Waals surface area contributed by atoms with E-state index in [9.17, 15) is 0 Å². The minimum absolute atomic E-state index is 0.542. The molecule has 1 heterocycles. The van der Waals surface area contributed by atoms with Crippen molar-refractivity contribution >= 4 is 0 Å². The van der Waals surface area contributed by atoms with Gasteiger partial charge in [-0.05, 0) is 44.6 Å². The maximum atomic E-state index is 2.66. The molecular formula is C13H27N. The summed E-state index contributed by atoms with van der Waals surface area (Å²) in [6.45, 7) is 14.5. The van der Waals surface area contributed by atoms with Crippen LogP contribution in [0.1, 0.15) is 53.9 Å². The molecule has 0 amide bonds. The number of hydrogen-bond donors (Lipinski definition) is 0. The van der Waals surface area contributed by atoms with Gasteiger partial charge in [-0.15, -0.1) is 0 Å². The Balaban J connectivity index is 2.68. The van der Waals surface area contributed by atoms with Gasteiger partial charge in [0, 0.05) is 12.6 Å². The molecule has 1 nitrogen and oxygen atoms in total. The summed E-state index contributed by atoms with van der Waals surface area (Å²) in [4.78, 5) is 2.66. The average Bonchev–Trinajstić information content (AvgIpc) is 2.28. The molecule has 1 rings (SSSR count). The summed E-state index contributed by atoms with van der Waals surface area (Å²) < 4.78 is 0. The van der Waals surface area contributed by atoms with Gasteiger partial charge >= 0.3 is 0 Å². The molecule has 0 aromatic rings. The van der Waals surface area contributed by atoms with Gasteiger partial charge in [-0.25, -0.2) is 0 Å². The van der Waals surface area contributed by atoms with Gasteiger partial charge in [0.25, 0.3) is 0 Å². The van der Waals surface area contributed by atoms with Crippen molar-refractivity contribution in [2.24, 2.45) is 11.3 Å². The van der Waals surface area contributed by atoms with Crippen LogP contribution in [0.5, 0.6) is 0 Å². The molecule has 1 aliphatic heterocycles. The highest BCUT2D eigenvalue weighted by atomic mass is 15.2. The van der Waals surface area contributed by atoms with Crippen molar-refractivity contribution in [3.05, 3.63) is 0 Å². The molecule has 1 unspecified atom stereocenters. The lowest BCUT2D eigenvalue weighted by Gasteiger charge is -2.38. The Labute approximate surface area is 89.9 Å². The zero-order valence-corrected chi connectivity index (χ0v) is 10.6.